The van der Waals surface area contributed by atoms with Gasteiger partial charge in [0.15, 0.2) is 11.5 Å². The zero-order valence-corrected chi connectivity index (χ0v) is 14.3. The molecule has 2 fully saturated rings. The maximum atomic E-state index is 12.7. The summed E-state index contributed by atoms with van der Waals surface area (Å²) in [4.78, 5) is 25.3. The molecule has 0 unspecified atom stereocenters. The summed E-state index contributed by atoms with van der Waals surface area (Å²) < 4.78 is 5.04. The second kappa shape index (κ2) is 5.88. The van der Waals surface area contributed by atoms with Crippen LogP contribution in [0.2, 0.25) is 5.02 Å². The molecule has 1 saturated heterocycles. The number of allylic oxidation sites excluding steroid dienone is 2. The van der Waals surface area contributed by atoms with Gasteiger partial charge in [0.25, 0.3) is 11.8 Å². The van der Waals surface area contributed by atoms with Crippen LogP contribution in [0.3, 0.4) is 0 Å². The lowest BCUT2D eigenvalue weighted by Crippen LogP contribution is -2.38. The average Bonchev–Trinajstić information content (AvgIpc) is 2.90. The molecule has 1 heterocycles. The molecule has 1 N–H and O–H groups in total. The van der Waals surface area contributed by atoms with E-state index in [0.717, 1.165) is 17.9 Å². The molecule has 2 bridgehead atoms. The number of carbonyl (C=O) groups excluding carboxylic acids is 2. The van der Waals surface area contributed by atoms with Gasteiger partial charge >= 0.3 is 0 Å². The van der Waals surface area contributed by atoms with Crippen molar-refractivity contribution in [3.05, 3.63) is 34.9 Å². The number of benzene rings is 1. The third-order valence-electron chi connectivity index (χ3n) is 5.33. The number of halogens is 1. The quantitative estimate of drug-likeness (QED) is 0.510. The summed E-state index contributed by atoms with van der Waals surface area (Å²) in [6.45, 7) is 0. The van der Waals surface area contributed by atoms with Gasteiger partial charge in [0.1, 0.15) is 0 Å². The summed E-state index contributed by atoms with van der Waals surface area (Å²) in [5.74, 6) is -0.737. The van der Waals surface area contributed by atoms with Crippen LogP contribution in [-0.2, 0) is 9.59 Å². The zero-order valence-electron chi connectivity index (χ0n) is 13.6. The second-order valence-corrected chi connectivity index (χ2v) is 7.04. The first-order chi connectivity index (χ1) is 12.0. The SMILES string of the molecule is COc1cc(/C=N\N2C(=O)[C@H]3[C@H](C2=O)[C@H]2C=C[C@H]3CC2)cc(Cl)c1O. The molecule has 0 radical (unpaired) electrons. The number of rotatable bonds is 3. The molecular weight excluding hydrogens is 344 g/mol. The molecule has 6 nitrogen and oxygen atoms in total. The van der Waals surface area contributed by atoms with E-state index in [0.29, 0.717) is 5.56 Å². The minimum absolute atomic E-state index is 0.107. The number of aromatic hydroxyl groups is 1. The largest absolute Gasteiger partial charge is 0.503 e. The van der Waals surface area contributed by atoms with Gasteiger partial charge < -0.3 is 9.84 Å². The van der Waals surface area contributed by atoms with Gasteiger partial charge in [-0.3, -0.25) is 9.59 Å². The lowest BCUT2D eigenvalue weighted by molar-refractivity contribution is -0.140. The first kappa shape index (κ1) is 16.1. The van der Waals surface area contributed by atoms with Crippen molar-refractivity contribution in [2.24, 2.45) is 28.8 Å². The maximum Gasteiger partial charge on any atom is 0.254 e. The zero-order chi connectivity index (χ0) is 17.7. The molecule has 7 heteroatoms. The van der Waals surface area contributed by atoms with E-state index in [1.54, 1.807) is 0 Å². The van der Waals surface area contributed by atoms with E-state index >= 15 is 0 Å². The molecule has 1 aromatic carbocycles. The second-order valence-electron chi connectivity index (χ2n) is 6.63. The number of ether oxygens (including phenoxy) is 1. The molecule has 5 rings (SSSR count). The van der Waals surface area contributed by atoms with Gasteiger partial charge in [0.2, 0.25) is 0 Å². The van der Waals surface area contributed by atoms with Crippen molar-refractivity contribution in [1.82, 2.24) is 5.01 Å². The molecule has 25 heavy (non-hydrogen) atoms. The number of amides is 2. The van der Waals surface area contributed by atoms with E-state index in [9.17, 15) is 14.7 Å². The number of imide groups is 1. The van der Waals surface area contributed by atoms with Gasteiger partial charge in [-0.25, -0.2) is 0 Å². The molecule has 130 valence electrons. The predicted octanol–water partition coefficient (Wildman–Crippen LogP) is 2.59. The molecular formula is C18H17ClN2O4. The highest BCUT2D eigenvalue weighted by atomic mass is 35.5. The monoisotopic (exact) mass is 360 g/mol. The van der Waals surface area contributed by atoms with Crippen LogP contribution in [0.5, 0.6) is 11.5 Å². The van der Waals surface area contributed by atoms with Crippen molar-refractivity contribution in [1.29, 1.82) is 0 Å². The number of nitrogens with zero attached hydrogens (tertiary/aromatic N) is 2. The first-order valence-corrected chi connectivity index (χ1v) is 8.55. The lowest BCUT2D eigenvalue weighted by atomic mass is 9.63. The number of fused-ring (bicyclic) bond motifs is 1. The fraction of sp³-hybridized carbons (Fsp3) is 0.389. The molecule has 3 aliphatic carbocycles. The Bertz CT molecular complexity index is 788. The molecule has 4 aliphatic rings. The topological polar surface area (TPSA) is 79.2 Å². The summed E-state index contributed by atoms with van der Waals surface area (Å²) in [6, 6.07) is 3.03. The van der Waals surface area contributed by atoms with Gasteiger partial charge in [-0.1, -0.05) is 23.8 Å². The fourth-order valence-electron chi connectivity index (χ4n) is 4.12. The van der Waals surface area contributed by atoms with Crippen LogP contribution in [0.25, 0.3) is 0 Å². The van der Waals surface area contributed by atoms with Crippen molar-refractivity contribution < 1.29 is 19.4 Å². The highest BCUT2D eigenvalue weighted by Crippen LogP contribution is 2.49. The lowest BCUT2D eigenvalue weighted by Gasteiger charge is -2.37. The first-order valence-electron chi connectivity index (χ1n) is 8.18. The Morgan fingerprint density at radius 2 is 1.80 bits per heavy atom. The Balaban J connectivity index is 1.62. The minimum atomic E-state index is -0.286. The summed E-state index contributed by atoms with van der Waals surface area (Å²) in [5, 5.41) is 15.0. The number of hydrogen-bond acceptors (Lipinski definition) is 5. The van der Waals surface area contributed by atoms with Crippen molar-refractivity contribution >= 4 is 29.6 Å². The van der Waals surface area contributed by atoms with Crippen LogP contribution in [0.15, 0.2) is 29.4 Å². The van der Waals surface area contributed by atoms with Crippen molar-refractivity contribution in [3.63, 3.8) is 0 Å². The standard InChI is InChI=1S/C18H17ClN2O4/c1-25-13-7-9(6-12(19)16(13)22)8-20-21-17(23)14-10-2-3-11(5-4-10)15(14)18(21)24/h2-3,6-8,10-11,14-15,22H,4-5H2,1H3/b20-8-/t10-,11-,14+,15+/m0/s1. The van der Waals surface area contributed by atoms with E-state index in [-0.39, 0.29) is 52.0 Å². The van der Waals surface area contributed by atoms with E-state index < -0.39 is 0 Å². The maximum absolute atomic E-state index is 12.7. The third kappa shape index (κ3) is 2.43. The molecule has 4 atom stereocenters. The van der Waals surface area contributed by atoms with Crippen LogP contribution in [0.1, 0.15) is 18.4 Å². The van der Waals surface area contributed by atoms with Crippen LogP contribution >= 0.6 is 11.6 Å². The third-order valence-corrected chi connectivity index (χ3v) is 5.62. The number of hydrogen-bond donors (Lipinski definition) is 1. The average molecular weight is 361 g/mol. The Morgan fingerprint density at radius 1 is 1.20 bits per heavy atom. The Kier molecular flexibility index (Phi) is 3.80. The van der Waals surface area contributed by atoms with Gasteiger partial charge in [0, 0.05) is 0 Å². The molecule has 0 aromatic heterocycles. The predicted molar refractivity (Wildman–Crippen MR) is 91.4 cm³/mol. The number of phenolic OH excluding ortho intramolecular Hbond substituents is 1. The van der Waals surface area contributed by atoms with E-state index in [1.165, 1.54) is 25.5 Å². The summed E-state index contributed by atoms with van der Waals surface area (Å²) >= 11 is 5.95. The molecule has 0 spiro atoms. The van der Waals surface area contributed by atoms with Gasteiger partial charge in [-0.2, -0.15) is 10.1 Å². The van der Waals surface area contributed by atoms with Crippen LogP contribution in [0, 0.1) is 23.7 Å². The number of phenols is 1. The highest BCUT2D eigenvalue weighted by molar-refractivity contribution is 6.32. The van der Waals surface area contributed by atoms with E-state index in [4.69, 9.17) is 16.3 Å². The molecule has 1 aliphatic heterocycles. The van der Waals surface area contributed by atoms with Gasteiger partial charge in [0.05, 0.1) is 30.2 Å². The number of methoxy groups -OCH3 is 1. The van der Waals surface area contributed by atoms with Crippen LogP contribution < -0.4 is 4.74 Å². The molecule has 2 amide bonds. The molecule has 1 saturated carbocycles. The van der Waals surface area contributed by atoms with Crippen LogP contribution in [-0.4, -0.2) is 35.3 Å². The normalized spacial score (nSPS) is 30.4. The minimum Gasteiger partial charge on any atom is -0.503 e. The van der Waals surface area contributed by atoms with Crippen LogP contribution in [0.4, 0.5) is 0 Å². The van der Waals surface area contributed by atoms with Gasteiger partial charge in [-0.15, -0.1) is 0 Å². The van der Waals surface area contributed by atoms with E-state index in [1.807, 2.05) is 0 Å². The summed E-state index contributed by atoms with van der Waals surface area (Å²) in [6.07, 6.45) is 7.42. The van der Waals surface area contributed by atoms with E-state index in [2.05, 4.69) is 17.3 Å². The Morgan fingerprint density at radius 3 is 2.32 bits per heavy atom. The summed E-state index contributed by atoms with van der Waals surface area (Å²) in [5.41, 5.74) is 0.524. The number of hydrazone groups is 1. The number of carbonyl (C=O) groups is 2. The smallest absolute Gasteiger partial charge is 0.254 e. The molecule has 1 aromatic rings. The fourth-order valence-corrected chi connectivity index (χ4v) is 4.34. The van der Waals surface area contributed by atoms with Crippen molar-refractivity contribution in [2.75, 3.05) is 7.11 Å². The van der Waals surface area contributed by atoms with Crippen molar-refractivity contribution in [3.8, 4) is 11.5 Å². The Hall–Kier alpha value is -2.34. The Labute approximate surface area is 149 Å². The van der Waals surface area contributed by atoms with Gasteiger partial charge in [-0.05, 0) is 42.4 Å². The summed E-state index contributed by atoms with van der Waals surface area (Å²) in [7, 11) is 1.41. The highest BCUT2D eigenvalue weighted by Gasteiger charge is 2.56. The van der Waals surface area contributed by atoms with Crippen molar-refractivity contribution in [2.45, 2.75) is 12.8 Å².